The van der Waals surface area contributed by atoms with Crippen molar-refractivity contribution in [2.45, 2.75) is 44.1 Å². The highest BCUT2D eigenvalue weighted by Gasteiger charge is 2.56. The molecule has 0 aliphatic carbocycles. The van der Waals surface area contributed by atoms with Crippen molar-refractivity contribution >= 4 is 16.9 Å². The van der Waals surface area contributed by atoms with Gasteiger partial charge in [0.2, 0.25) is 0 Å². The molecule has 0 amide bonds. The smallest absolute Gasteiger partial charge is 0.181 e. The minimum atomic E-state index is -2.15. The zero-order valence-electron chi connectivity index (χ0n) is 14.2. The van der Waals surface area contributed by atoms with Gasteiger partial charge in [-0.05, 0) is 19.9 Å². The lowest BCUT2D eigenvalue weighted by Crippen LogP contribution is -2.42. The zero-order chi connectivity index (χ0) is 18.6. The number of rotatable bonds is 3. The van der Waals surface area contributed by atoms with Crippen molar-refractivity contribution in [3.63, 3.8) is 0 Å². The normalized spacial score (nSPS) is 30.1. The third-order valence-corrected chi connectivity index (χ3v) is 4.82. The van der Waals surface area contributed by atoms with E-state index in [1.54, 1.807) is 18.5 Å². The summed E-state index contributed by atoms with van der Waals surface area (Å²) in [6.07, 6.45) is -0.330. The molecular formula is C16H19FN6O3. The van der Waals surface area contributed by atoms with Crippen LogP contribution in [0.5, 0.6) is 0 Å². The molecule has 0 spiro atoms. The van der Waals surface area contributed by atoms with Crippen LogP contribution in [0.4, 0.5) is 10.2 Å². The minimum Gasteiger partial charge on any atom is -0.391 e. The number of nitrogens with two attached hydrogens (primary N) is 1. The van der Waals surface area contributed by atoms with Gasteiger partial charge in [0.05, 0.1) is 17.2 Å². The average Bonchev–Trinajstić information content (AvgIpc) is 3.26. The molecule has 1 unspecified atom stereocenters. The number of nitrogen functional groups attached to an aromatic ring is 1. The number of H-pyrrole nitrogens is 1. The molecule has 1 saturated heterocycles. The highest BCUT2D eigenvalue weighted by Crippen LogP contribution is 2.45. The van der Waals surface area contributed by atoms with Crippen molar-refractivity contribution in [3.8, 4) is 11.3 Å². The number of aromatic nitrogens is 5. The Labute approximate surface area is 147 Å². The molecule has 9 nitrogen and oxygen atoms in total. The molecule has 0 saturated carbocycles. The van der Waals surface area contributed by atoms with Gasteiger partial charge in [-0.1, -0.05) is 0 Å². The second kappa shape index (κ2) is 5.73. The summed E-state index contributed by atoms with van der Waals surface area (Å²) in [6, 6.07) is 1.74. The quantitative estimate of drug-likeness (QED) is 0.540. The van der Waals surface area contributed by atoms with Gasteiger partial charge in [-0.15, -0.1) is 0 Å². The summed E-state index contributed by atoms with van der Waals surface area (Å²) in [5.74, 6) is 0.226. The van der Waals surface area contributed by atoms with E-state index < -0.39 is 30.2 Å². The maximum absolute atomic E-state index is 15.3. The van der Waals surface area contributed by atoms with Crippen molar-refractivity contribution in [2.75, 3.05) is 5.73 Å². The number of ether oxygens (including phenoxy) is 1. The molecule has 1 aliphatic heterocycles. The lowest BCUT2D eigenvalue weighted by Gasteiger charge is -2.25. The maximum Gasteiger partial charge on any atom is 0.181 e. The Morgan fingerprint density at radius 2 is 2.23 bits per heavy atom. The van der Waals surface area contributed by atoms with Gasteiger partial charge in [-0.2, -0.15) is 5.10 Å². The predicted molar refractivity (Wildman–Crippen MR) is 90.6 cm³/mol. The van der Waals surface area contributed by atoms with Crippen LogP contribution in [0.3, 0.4) is 0 Å². The first-order chi connectivity index (χ1) is 12.3. The van der Waals surface area contributed by atoms with Gasteiger partial charge in [0.1, 0.15) is 30.0 Å². The summed E-state index contributed by atoms with van der Waals surface area (Å²) >= 11 is 0. The number of halogens is 1. The van der Waals surface area contributed by atoms with E-state index in [4.69, 9.17) is 10.5 Å². The van der Waals surface area contributed by atoms with Crippen LogP contribution >= 0.6 is 0 Å². The van der Waals surface area contributed by atoms with Crippen LogP contribution in [0, 0.1) is 0 Å². The molecule has 1 fully saturated rings. The lowest BCUT2D eigenvalue weighted by molar-refractivity contribution is -0.0793. The van der Waals surface area contributed by atoms with Gasteiger partial charge in [0.25, 0.3) is 0 Å². The number of nitrogens with one attached hydrogen (secondary N) is 1. The Bertz CT molecular complexity index is 939. The van der Waals surface area contributed by atoms with Crippen LogP contribution in [0.1, 0.15) is 20.1 Å². The third-order valence-electron chi connectivity index (χ3n) is 4.82. The summed E-state index contributed by atoms with van der Waals surface area (Å²) in [6.45, 7) is 2.67. The molecule has 10 heteroatoms. The molecule has 3 aromatic heterocycles. The first kappa shape index (κ1) is 16.9. The first-order valence-electron chi connectivity index (χ1n) is 8.13. The monoisotopic (exact) mass is 362 g/mol. The van der Waals surface area contributed by atoms with Gasteiger partial charge in [-0.3, -0.25) is 5.10 Å². The van der Waals surface area contributed by atoms with Gasteiger partial charge >= 0.3 is 0 Å². The van der Waals surface area contributed by atoms with Crippen molar-refractivity contribution in [1.82, 2.24) is 24.7 Å². The Morgan fingerprint density at radius 3 is 2.85 bits per heavy atom. The molecule has 4 heterocycles. The molecule has 1 aliphatic rings. The van der Waals surface area contributed by atoms with E-state index in [0.29, 0.717) is 22.3 Å². The van der Waals surface area contributed by atoms with E-state index in [1.807, 2.05) is 0 Å². The Kier molecular flexibility index (Phi) is 3.72. The van der Waals surface area contributed by atoms with Crippen LogP contribution in [0.15, 0.2) is 24.8 Å². The second-order valence-electron chi connectivity index (χ2n) is 6.67. The molecule has 0 bridgehead atoms. The second-order valence-corrected chi connectivity index (χ2v) is 6.67. The summed E-state index contributed by atoms with van der Waals surface area (Å²) in [5.41, 5.74) is 5.51. The van der Waals surface area contributed by atoms with Crippen molar-refractivity contribution < 1.29 is 19.3 Å². The molecule has 0 aromatic carbocycles. The summed E-state index contributed by atoms with van der Waals surface area (Å²) in [4.78, 5) is 8.23. The number of aromatic amines is 1. The molecule has 0 radical (unpaired) electrons. The minimum absolute atomic E-state index is 0.226. The molecule has 3 aromatic rings. The summed E-state index contributed by atoms with van der Waals surface area (Å²) < 4.78 is 22.5. The molecule has 5 N–H and O–H groups in total. The molecule has 4 rings (SSSR count). The van der Waals surface area contributed by atoms with Gasteiger partial charge in [-0.25, -0.2) is 14.4 Å². The fraction of sp³-hybridized carbons (Fsp3) is 0.438. The van der Waals surface area contributed by atoms with Crippen molar-refractivity contribution in [1.29, 1.82) is 0 Å². The summed E-state index contributed by atoms with van der Waals surface area (Å²) in [7, 11) is 0. The van der Waals surface area contributed by atoms with Crippen molar-refractivity contribution in [2.24, 2.45) is 0 Å². The van der Waals surface area contributed by atoms with E-state index in [-0.39, 0.29) is 5.82 Å². The zero-order valence-corrected chi connectivity index (χ0v) is 14.2. The molecule has 26 heavy (non-hydrogen) atoms. The molecular weight excluding hydrogens is 343 g/mol. The number of hydrogen-bond donors (Lipinski definition) is 4. The number of aliphatic hydroxyl groups excluding tert-OH is 2. The number of anilines is 1. The van der Waals surface area contributed by atoms with Gasteiger partial charge < -0.3 is 25.3 Å². The lowest BCUT2D eigenvalue weighted by atomic mass is 9.96. The predicted octanol–water partition coefficient (Wildman–Crippen LogP) is 0.771. The van der Waals surface area contributed by atoms with Crippen LogP contribution in [-0.4, -0.2) is 58.9 Å². The first-order valence-corrected chi connectivity index (χ1v) is 8.13. The number of fused-ring (bicyclic) bond motifs is 1. The Morgan fingerprint density at radius 1 is 1.46 bits per heavy atom. The average molecular weight is 362 g/mol. The number of alkyl halides is 1. The van der Waals surface area contributed by atoms with Crippen LogP contribution in [0.25, 0.3) is 22.3 Å². The third kappa shape index (κ3) is 2.30. The largest absolute Gasteiger partial charge is 0.391 e. The van der Waals surface area contributed by atoms with Crippen LogP contribution < -0.4 is 5.73 Å². The maximum atomic E-state index is 15.3. The van der Waals surface area contributed by atoms with E-state index in [9.17, 15) is 10.2 Å². The fourth-order valence-electron chi connectivity index (χ4n) is 3.44. The molecule has 5 atom stereocenters. The summed E-state index contributed by atoms with van der Waals surface area (Å²) in [5, 5.41) is 27.4. The number of hydrogen-bond acceptors (Lipinski definition) is 7. The van der Waals surface area contributed by atoms with Crippen LogP contribution in [0.2, 0.25) is 0 Å². The fourth-order valence-corrected chi connectivity index (χ4v) is 3.44. The molecule has 138 valence electrons. The number of nitrogens with zero attached hydrogens (tertiary/aromatic N) is 4. The van der Waals surface area contributed by atoms with E-state index in [0.717, 1.165) is 0 Å². The van der Waals surface area contributed by atoms with E-state index in [1.165, 1.54) is 24.7 Å². The Hall–Kier alpha value is -2.56. The Balaban J connectivity index is 1.92. The van der Waals surface area contributed by atoms with Gasteiger partial charge in [0, 0.05) is 18.0 Å². The standard InChI is InChI=1S/C16H19FN6O3/c1-7(24)11-12(25)16(2,17)15(26-11)23-5-8(9-3-4-21-22-9)10-13(18)19-6-20-14(10)23/h3-7,11-12,15,24-25H,1-2H3,(H,21,22)(H2,18,19,20)/t7?,11-,12-,15-,16-/m1/s1. The highest BCUT2D eigenvalue weighted by atomic mass is 19.1. The number of aliphatic hydroxyl groups is 2. The van der Waals surface area contributed by atoms with E-state index in [2.05, 4.69) is 20.2 Å². The van der Waals surface area contributed by atoms with Crippen molar-refractivity contribution in [3.05, 3.63) is 24.8 Å². The highest BCUT2D eigenvalue weighted by molar-refractivity contribution is 5.99. The SMILES string of the molecule is CC(O)[C@H]1O[C@@H](n2cc(-c3ccn[nH]3)c3c(N)ncnc32)[C@](C)(F)[C@@H]1O. The topological polar surface area (TPSA) is 135 Å². The van der Waals surface area contributed by atoms with Gasteiger partial charge in [0.15, 0.2) is 11.9 Å². The van der Waals surface area contributed by atoms with E-state index >= 15 is 4.39 Å². The van der Waals surface area contributed by atoms with Crippen LogP contribution in [-0.2, 0) is 4.74 Å².